The molecule has 0 unspecified atom stereocenters. The van der Waals surface area contributed by atoms with E-state index in [4.69, 9.17) is 4.98 Å². The van der Waals surface area contributed by atoms with Crippen molar-refractivity contribution in [3.63, 3.8) is 0 Å². The van der Waals surface area contributed by atoms with Crippen molar-refractivity contribution in [2.24, 2.45) is 0 Å². The molecular weight excluding hydrogens is 371 g/mol. The van der Waals surface area contributed by atoms with Gasteiger partial charge in [-0.1, -0.05) is 77.9 Å². The predicted molar refractivity (Wildman–Crippen MR) is 115 cm³/mol. The third-order valence-corrected chi connectivity index (χ3v) is 4.77. The molecule has 0 bridgehead atoms. The van der Waals surface area contributed by atoms with Gasteiger partial charge in [0.25, 0.3) is 0 Å². The zero-order chi connectivity index (χ0) is 22.0. The van der Waals surface area contributed by atoms with Crippen LogP contribution < -0.4 is 0 Å². The van der Waals surface area contributed by atoms with Crippen LogP contribution in [0.3, 0.4) is 0 Å². The average molecular weight is 402 g/mol. The molecule has 3 rings (SSSR count). The molecule has 1 heterocycles. The summed E-state index contributed by atoms with van der Waals surface area (Å²) in [6.45, 7) is 14.6. The second-order valence-corrected chi connectivity index (χ2v) is 9.42. The van der Waals surface area contributed by atoms with Crippen LogP contribution in [0, 0.1) is 6.92 Å². The highest BCUT2D eigenvalue weighted by atomic mass is 19.4. The number of hydrogen-bond donors (Lipinski definition) is 0. The Morgan fingerprint density at radius 3 is 1.69 bits per heavy atom. The fraction of sp³-hybridized carbons (Fsp3) is 0.400. The molecule has 0 saturated carbocycles. The van der Waals surface area contributed by atoms with Crippen LogP contribution in [0.5, 0.6) is 0 Å². The van der Waals surface area contributed by atoms with E-state index in [2.05, 4.69) is 58.0 Å². The molecule has 0 saturated heterocycles. The Bertz CT molecular complexity index is 924. The summed E-state index contributed by atoms with van der Waals surface area (Å²) in [5, 5.41) is 1.23. The molecule has 0 fully saturated rings. The van der Waals surface area contributed by atoms with Crippen LogP contribution in [0.4, 0.5) is 13.2 Å². The number of pyridine rings is 1. The molecule has 0 atom stereocenters. The predicted octanol–water partition coefficient (Wildman–Crippen LogP) is 7.84. The third kappa shape index (κ3) is 6.06. The SMILES string of the molecule is CC(C)(C)c1ccc(C(F)(F)F)cc1.Cc1cccc2ccc(C(C)(C)C)nc12. The van der Waals surface area contributed by atoms with E-state index in [0.29, 0.717) is 0 Å². The van der Waals surface area contributed by atoms with Gasteiger partial charge in [-0.15, -0.1) is 0 Å². The minimum absolute atomic E-state index is 0.107. The molecule has 29 heavy (non-hydrogen) atoms. The number of rotatable bonds is 0. The number of para-hydroxylation sites is 1. The van der Waals surface area contributed by atoms with Gasteiger partial charge in [0.2, 0.25) is 0 Å². The lowest BCUT2D eigenvalue weighted by Gasteiger charge is -2.19. The summed E-state index contributed by atoms with van der Waals surface area (Å²) < 4.78 is 36.6. The summed E-state index contributed by atoms with van der Waals surface area (Å²) in [5.41, 5.74) is 3.87. The largest absolute Gasteiger partial charge is 0.416 e. The Kier molecular flexibility index (Phi) is 6.46. The lowest BCUT2D eigenvalue weighted by molar-refractivity contribution is -0.137. The maximum atomic E-state index is 12.2. The molecule has 0 aliphatic rings. The third-order valence-electron chi connectivity index (χ3n) is 4.77. The van der Waals surface area contributed by atoms with Gasteiger partial charge in [-0.3, -0.25) is 4.98 Å². The second-order valence-electron chi connectivity index (χ2n) is 9.42. The number of fused-ring (bicyclic) bond motifs is 1. The van der Waals surface area contributed by atoms with E-state index in [1.165, 1.54) is 23.1 Å². The van der Waals surface area contributed by atoms with Crippen LogP contribution in [0.1, 0.15) is 63.9 Å². The van der Waals surface area contributed by atoms with Crippen molar-refractivity contribution in [1.82, 2.24) is 4.98 Å². The number of hydrogen-bond acceptors (Lipinski definition) is 1. The van der Waals surface area contributed by atoms with E-state index in [-0.39, 0.29) is 10.8 Å². The summed E-state index contributed by atoms with van der Waals surface area (Å²) in [4.78, 5) is 4.75. The van der Waals surface area contributed by atoms with Gasteiger partial charge in [-0.2, -0.15) is 13.2 Å². The van der Waals surface area contributed by atoms with Crippen molar-refractivity contribution in [3.05, 3.63) is 77.0 Å². The second kappa shape index (κ2) is 8.17. The maximum Gasteiger partial charge on any atom is 0.416 e. The summed E-state index contributed by atoms with van der Waals surface area (Å²) >= 11 is 0. The maximum absolute atomic E-state index is 12.2. The minimum atomic E-state index is -4.24. The molecule has 1 nitrogen and oxygen atoms in total. The number of nitrogens with zero attached hydrogens (tertiary/aromatic N) is 1. The molecule has 156 valence electrons. The normalized spacial score (nSPS) is 12.5. The number of halogens is 3. The monoisotopic (exact) mass is 401 g/mol. The molecule has 0 radical (unpaired) electrons. The molecule has 0 aliphatic carbocycles. The first-order valence-corrected chi connectivity index (χ1v) is 9.74. The Morgan fingerprint density at radius 2 is 1.21 bits per heavy atom. The lowest BCUT2D eigenvalue weighted by Crippen LogP contribution is -2.13. The fourth-order valence-electron chi connectivity index (χ4n) is 2.87. The summed E-state index contributed by atoms with van der Waals surface area (Å²) in [5.74, 6) is 0. The van der Waals surface area contributed by atoms with Crippen LogP contribution in [-0.2, 0) is 17.0 Å². The molecule has 0 N–H and O–H groups in total. The molecule has 0 spiro atoms. The smallest absolute Gasteiger partial charge is 0.252 e. The summed E-state index contributed by atoms with van der Waals surface area (Å²) in [6.07, 6.45) is -4.24. The van der Waals surface area contributed by atoms with Gasteiger partial charge in [0, 0.05) is 16.5 Å². The highest BCUT2D eigenvalue weighted by Crippen LogP contribution is 2.31. The van der Waals surface area contributed by atoms with Crippen LogP contribution in [0.25, 0.3) is 10.9 Å². The number of alkyl halides is 3. The van der Waals surface area contributed by atoms with E-state index in [9.17, 15) is 13.2 Å². The van der Waals surface area contributed by atoms with Gasteiger partial charge in [0.1, 0.15) is 0 Å². The zero-order valence-electron chi connectivity index (χ0n) is 18.3. The Morgan fingerprint density at radius 1 is 0.655 bits per heavy atom. The van der Waals surface area contributed by atoms with Gasteiger partial charge in [-0.25, -0.2) is 0 Å². The standard InChI is InChI=1S/C14H17N.C11H13F3/c1-10-6-5-7-11-8-9-12(14(2,3)4)15-13(10)11;1-10(2,3)8-4-6-9(7-5-8)11(12,13)14/h5-9H,1-4H3;4-7H,1-3H3. The topological polar surface area (TPSA) is 12.9 Å². The fourth-order valence-corrected chi connectivity index (χ4v) is 2.87. The first-order valence-electron chi connectivity index (χ1n) is 9.74. The Hall–Kier alpha value is -2.36. The number of aryl methyl sites for hydroxylation is 1. The summed E-state index contributed by atoms with van der Waals surface area (Å²) in [6, 6.07) is 15.9. The van der Waals surface area contributed by atoms with Crippen LogP contribution in [-0.4, -0.2) is 4.98 Å². The van der Waals surface area contributed by atoms with Gasteiger partial charge in [0.05, 0.1) is 11.1 Å². The first kappa shape index (κ1) is 22.9. The molecule has 3 aromatic rings. The van der Waals surface area contributed by atoms with Gasteiger partial charge in [0.15, 0.2) is 0 Å². The van der Waals surface area contributed by atoms with E-state index < -0.39 is 11.7 Å². The number of benzene rings is 2. The van der Waals surface area contributed by atoms with Crippen LogP contribution in [0.2, 0.25) is 0 Å². The van der Waals surface area contributed by atoms with Crippen LogP contribution in [0.15, 0.2) is 54.6 Å². The molecule has 2 aromatic carbocycles. The van der Waals surface area contributed by atoms with Crippen molar-refractivity contribution < 1.29 is 13.2 Å². The van der Waals surface area contributed by atoms with E-state index >= 15 is 0 Å². The van der Waals surface area contributed by atoms with Gasteiger partial charge < -0.3 is 0 Å². The van der Waals surface area contributed by atoms with Crippen LogP contribution >= 0.6 is 0 Å². The van der Waals surface area contributed by atoms with E-state index in [1.807, 2.05) is 20.8 Å². The Balaban J connectivity index is 0.000000208. The van der Waals surface area contributed by atoms with Crippen molar-refractivity contribution >= 4 is 10.9 Å². The highest BCUT2D eigenvalue weighted by Gasteiger charge is 2.30. The number of aromatic nitrogens is 1. The zero-order valence-corrected chi connectivity index (χ0v) is 18.3. The van der Waals surface area contributed by atoms with E-state index in [1.54, 1.807) is 0 Å². The van der Waals surface area contributed by atoms with Gasteiger partial charge >= 0.3 is 6.18 Å². The minimum Gasteiger partial charge on any atom is -0.252 e. The molecule has 1 aromatic heterocycles. The molecule has 0 amide bonds. The molecule has 0 aliphatic heterocycles. The van der Waals surface area contributed by atoms with Crippen molar-refractivity contribution in [3.8, 4) is 0 Å². The first-order chi connectivity index (χ1) is 13.2. The highest BCUT2D eigenvalue weighted by molar-refractivity contribution is 5.81. The van der Waals surface area contributed by atoms with E-state index in [0.717, 1.165) is 28.9 Å². The lowest BCUT2D eigenvalue weighted by atomic mass is 9.87. The Labute approximate surface area is 172 Å². The van der Waals surface area contributed by atoms with Crippen molar-refractivity contribution in [2.75, 3.05) is 0 Å². The van der Waals surface area contributed by atoms with Crippen molar-refractivity contribution in [1.29, 1.82) is 0 Å². The molecular formula is C25H30F3N. The quantitative estimate of drug-likeness (QED) is 0.374. The summed E-state index contributed by atoms with van der Waals surface area (Å²) in [7, 11) is 0. The van der Waals surface area contributed by atoms with Gasteiger partial charge in [-0.05, 0) is 41.7 Å². The molecule has 4 heteroatoms. The average Bonchev–Trinajstić information content (AvgIpc) is 2.60. The van der Waals surface area contributed by atoms with Crippen molar-refractivity contribution in [2.45, 2.75) is 65.5 Å².